The van der Waals surface area contributed by atoms with E-state index in [1.807, 2.05) is 0 Å². The number of rotatable bonds is 5. The molecule has 4 aromatic rings. The molecule has 1 saturated heterocycles. The third-order valence-electron chi connectivity index (χ3n) is 7.32. The SMILES string of the molecule is Cl.c1ccc(C(CCN2C3CCC2c2c([nH]c4ccccc24)C3)c2ccccc2)cc1. The van der Waals surface area contributed by atoms with Crippen LogP contribution in [0.3, 0.4) is 0 Å². The normalized spacial score (nSPS) is 20.0. The van der Waals surface area contributed by atoms with Crippen molar-refractivity contribution < 1.29 is 0 Å². The highest BCUT2D eigenvalue weighted by Gasteiger charge is 2.41. The molecule has 31 heavy (non-hydrogen) atoms. The van der Waals surface area contributed by atoms with E-state index in [4.69, 9.17) is 0 Å². The number of H-pyrrole nitrogens is 1. The maximum Gasteiger partial charge on any atom is 0.0459 e. The van der Waals surface area contributed by atoms with Crippen LogP contribution >= 0.6 is 12.4 Å². The number of nitrogens with zero attached hydrogens (tertiary/aromatic N) is 1. The van der Waals surface area contributed by atoms with Crippen LogP contribution in [0.1, 0.15) is 53.6 Å². The molecule has 2 nitrogen and oxygen atoms in total. The summed E-state index contributed by atoms with van der Waals surface area (Å²) in [5.74, 6) is 0.455. The van der Waals surface area contributed by atoms with E-state index in [0.717, 1.165) is 6.54 Å². The molecule has 0 spiro atoms. The van der Waals surface area contributed by atoms with Gasteiger partial charge in [-0.3, -0.25) is 4.90 Å². The number of fused-ring (bicyclic) bond motifs is 6. The molecule has 2 bridgehead atoms. The van der Waals surface area contributed by atoms with Crippen LogP contribution < -0.4 is 0 Å². The molecule has 1 N–H and O–H groups in total. The lowest BCUT2D eigenvalue weighted by atomic mass is 9.87. The van der Waals surface area contributed by atoms with E-state index in [9.17, 15) is 0 Å². The van der Waals surface area contributed by atoms with Gasteiger partial charge in [0.25, 0.3) is 0 Å². The lowest BCUT2D eigenvalue weighted by Crippen LogP contribution is -2.38. The van der Waals surface area contributed by atoms with Crippen molar-refractivity contribution in [2.75, 3.05) is 6.54 Å². The Labute approximate surface area is 190 Å². The molecule has 2 aliphatic rings. The van der Waals surface area contributed by atoms with Crippen LogP contribution in [0, 0.1) is 0 Å². The van der Waals surface area contributed by atoms with E-state index in [-0.39, 0.29) is 12.4 Å². The first-order valence-corrected chi connectivity index (χ1v) is 11.3. The standard InChI is InChI=1S/C28H28N2.ClH/c1-3-9-20(10-4-1)23(21-11-5-2-6-12-21)17-18-30-22-15-16-27(30)28-24-13-7-8-14-25(24)29-26(28)19-22;/h1-14,22-23,27,29H,15-19H2;1H. The molecule has 3 heteroatoms. The third kappa shape index (κ3) is 3.58. The molecular formula is C28H29ClN2. The zero-order valence-electron chi connectivity index (χ0n) is 17.7. The largest absolute Gasteiger partial charge is 0.358 e. The fourth-order valence-corrected chi connectivity index (χ4v) is 5.98. The van der Waals surface area contributed by atoms with E-state index >= 15 is 0 Å². The van der Waals surface area contributed by atoms with Crippen molar-refractivity contribution in [3.63, 3.8) is 0 Å². The smallest absolute Gasteiger partial charge is 0.0459 e. The molecule has 0 aliphatic carbocycles. The monoisotopic (exact) mass is 428 g/mol. The minimum absolute atomic E-state index is 0. The highest BCUT2D eigenvalue weighted by Crippen LogP contribution is 2.47. The molecule has 0 saturated carbocycles. The van der Waals surface area contributed by atoms with Crippen molar-refractivity contribution >= 4 is 23.3 Å². The lowest BCUT2D eigenvalue weighted by Gasteiger charge is -2.36. The molecule has 6 rings (SSSR count). The van der Waals surface area contributed by atoms with Gasteiger partial charge in [0.15, 0.2) is 0 Å². The minimum atomic E-state index is 0. The predicted molar refractivity (Wildman–Crippen MR) is 131 cm³/mol. The van der Waals surface area contributed by atoms with Crippen LogP contribution in [0.4, 0.5) is 0 Å². The van der Waals surface area contributed by atoms with E-state index in [1.165, 1.54) is 53.4 Å². The number of aromatic amines is 1. The second kappa shape index (κ2) is 8.53. The molecule has 2 atom stereocenters. The van der Waals surface area contributed by atoms with Crippen molar-refractivity contribution in [2.24, 2.45) is 0 Å². The van der Waals surface area contributed by atoms with Gasteiger partial charge in [0.05, 0.1) is 0 Å². The molecule has 3 aromatic carbocycles. The van der Waals surface area contributed by atoms with Crippen molar-refractivity contribution in [1.29, 1.82) is 0 Å². The molecule has 0 radical (unpaired) electrons. The van der Waals surface area contributed by atoms with Gasteiger partial charge >= 0.3 is 0 Å². The van der Waals surface area contributed by atoms with Gasteiger partial charge in [-0.05, 0) is 48.6 Å². The Hall–Kier alpha value is -2.55. The Morgan fingerprint density at radius 1 is 0.806 bits per heavy atom. The summed E-state index contributed by atoms with van der Waals surface area (Å²) >= 11 is 0. The Morgan fingerprint density at radius 3 is 2.16 bits per heavy atom. The van der Waals surface area contributed by atoms with Gasteiger partial charge in [-0.15, -0.1) is 12.4 Å². The average molecular weight is 429 g/mol. The summed E-state index contributed by atoms with van der Waals surface area (Å²) in [5.41, 5.74) is 7.24. The predicted octanol–water partition coefficient (Wildman–Crippen LogP) is 6.87. The zero-order valence-corrected chi connectivity index (χ0v) is 18.5. The van der Waals surface area contributed by atoms with Crippen molar-refractivity contribution in [2.45, 2.75) is 43.7 Å². The highest BCUT2D eigenvalue weighted by atomic mass is 35.5. The van der Waals surface area contributed by atoms with Crippen LogP contribution in [-0.4, -0.2) is 22.5 Å². The van der Waals surface area contributed by atoms with Crippen LogP contribution in [0.25, 0.3) is 10.9 Å². The summed E-state index contributed by atoms with van der Waals surface area (Å²) in [5, 5.41) is 1.44. The van der Waals surface area contributed by atoms with E-state index in [2.05, 4.69) is 94.8 Å². The second-order valence-electron chi connectivity index (χ2n) is 8.91. The first kappa shape index (κ1) is 20.4. The van der Waals surface area contributed by atoms with Crippen molar-refractivity contribution in [1.82, 2.24) is 9.88 Å². The first-order chi connectivity index (χ1) is 14.9. The zero-order chi connectivity index (χ0) is 19.9. The van der Waals surface area contributed by atoms with Crippen LogP contribution in [0.2, 0.25) is 0 Å². The Morgan fingerprint density at radius 2 is 1.45 bits per heavy atom. The number of para-hydroxylation sites is 1. The summed E-state index contributed by atoms with van der Waals surface area (Å²) in [6.07, 6.45) is 4.95. The minimum Gasteiger partial charge on any atom is -0.358 e. The van der Waals surface area contributed by atoms with Crippen molar-refractivity contribution in [3.8, 4) is 0 Å². The second-order valence-corrected chi connectivity index (χ2v) is 8.91. The number of benzene rings is 3. The van der Waals surface area contributed by atoms with Gasteiger partial charge in [0, 0.05) is 41.0 Å². The number of hydrogen-bond acceptors (Lipinski definition) is 1. The van der Waals surface area contributed by atoms with Crippen LogP contribution in [-0.2, 0) is 6.42 Å². The van der Waals surface area contributed by atoms with E-state index in [1.54, 1.807) is 5.56 Å². The first-order valence-electron chi connectivity index (χ1n) is 11.3. The summed E-state index contributed by atoms with van der Waals surface area (Å²) < 4.78 is 0. The quantitative estimate of drug-likeness (QED) is 0.367. The fraction of sp³-hybridized carbons (Fsp3) is 0.286. The summed E-state index contributed by atoms with van der Waals surface area (Å²) in [6, 6.07) is 32.2. The highest BCUT2D eigenvalue weighted by molar-refractivity contribution is 5.86. The van der Waals surface area contributed by atoms with Crippen LogP contribution in [0.5, 0.6) is 0 Å². The fourth-order valence-electron chi connectivity index (χ4n) is 5.98. The number of hydrogen-bond donors (Lipinski definition) is 1. The molecule has 0 amide bonds. The average Bonchev–Trinajstić information content (AvgIpc) is 3.31. The molecule has 2 aliphatic heterocycles. The maximum atomic E-state index is 3.73. The summed E-state index contributed by atoms with van der Waals surface area (Å²) in [4.78, 5) is 6.55. The molecular weight excluding hydrogens is 400 g/mol. The number of nitrogens with one attached hydrogen (secondary N) is 1. The van der Waals surface area contributed by atoms with E-state index in [0.29, 0.717) is 18.0 Å². The van der Waals surface area contributed by atoms with Gasteiger partial charge in [-0.2, -0.15) is 0 Å². The molecule has 1 aromatic heterocycles. The van der Waals surface area contributed by atoms with Gasteiger partial charge in [-0.25, -0.2) is 0 Å². The molecule has 1 fully saturated rings. The van der Waals surface area contributed by atoms with Gasteiger partial charge in [0.2, 0.25) is 0 Å². The third-order valence-corrected chi connectivity index (χ3v) is 7.32. The number of halogens is 1. The summed E-state index contributed by atoms with van der Waals surface area (Å²) in [6.45, 7) is 1.16. The van der Waals surface area contributed by atoms with Crippen molar-refractivity contribution in [3.05, 3.63) is 107 Å². The maximum absolute atomic E-state index is 3.73. The van der Waals surface area contributed by atoms with Gasteiger partial charge in [-0.1, -0.05) is 78.9 Å². The van der Waals surface area contributed by atoms with E-state index < -0.39 is 0 Å². The summed E-state index contributed by atoms with van der Waals surface area (Å²) in [7, 11) is 0. The van der Waals surface area contributed by atoms with Crippen LogP contribution in [0.15, 0.2) is 84.9 Å². The Balaban J connectivity index is 0.00000204. The lowest BCUT2D eigenvalue weighted by molar-refractivity contribution is 0.173. The van der Waals surface area contributed by atoms with Gasteiger partial charge < -0.3 is 4.98 Å². The molecule has 3 heterocycles. The molecule has 2 unspecified atom stereocenters. The van der Waals surface area contributed by atoms with Gasteiger partial charge in [0.1, 0.15) is 0 Å². The Bertz CT molecular complexity index is 1110. The Kier molecular flexibility index (Phi) is 5.60. The topological polar surface area (TPSA) is 19.0 Å². The molecule has 158 valence electrons. The number of aromatic nitrogens is 1.